The first-order valence-corrected chi connectivity index (χ1v) is 7.02. The fourth-order valence-corrected chi connectivity index (χ4v) is 2.32. The Kier molecular flexibility index (Phi) is 4.88. The minimum Gasteiger partial charge on any atom is -0.488 e. The molecule has 0 aromatic heterocycles. The lowest BCUT2D eigenvalue weighted by Crippen LogP contribution is -2.06. The zero-order valence-electron chi connectivity index (χ0n) is 12.5. The van der Waals surface area contributed by atoms with Gasteiger partial charge in [0.2, 0.25) is 0 Å². The van der Waals surface area contributed by atoms with Crippen molar-refractivity contribution in [1.29, 1.82) is 0 Å². The highest BCUT2D eigenvalue weighted by atomic mass is 16.6. The van der Waals surface area contributed by atoms with Gasteiger partial charge < -0.3 is 4.74 Å². The van der Waals surface area contributed by atoms with Crippen LogP contribution in [0.1, 0.15) is 35.3 Å². The molecule has 0 spiro atoms. The molecule has 2 aromatic carbocycles. The summed E-state index contributed by atoms with van der Waals surface area (Å²) in [5.74, 6) is 0.124. The lowest BCUT2D eigenvalue weighted by atomic mass is 10.0. The molecule has 0 N–H and O–H groups in total. The summed E-state index contributed by atoms with van der Waals surface area (Å²) in [5, 5.41) is 11.3. The molecule has 22 heavy (non-hydrogen) atoms. The summed E-state index contributed by atoms with van der Waals surface area (Å²) in [5.41, 5.74) is 1.39. The number of nitro groups is 1. The second-order valence-electron chi connectivity index (χ2n) is 4.88. The number of ketones is 1. The van der Waals surface area contributed by atoms with Crippen LogP contribution in [-0.4, -0.2) is 10.7 Å². The first-order valence-electron chi connectivity index (χ1n) is 7.02. The Bertz CT molecular complexity index is 695. The van der Waals surface area contributed by atoms with Gasteiger partial charge in [-0.3, -0.25) is 14.9 Å². The summed E-state index contributed by atoms with van der Waals surface area (Å²) >= 11 is 0. The van der Waals surface area contributed by atoms with E-state index in [1.165, 1.54) is 13.0 Å². The summed E-state index contributed by atoms with van der Waals surface area (Å²) < 4.78 is 5.72. The number of Topliss-reactive ketones (excluding diaryl/α,β-unsaturated/α-hetero) is 1. The number of ether oxygens (including phenoxy) is 1. The van der Waals surface area contributed by atoms with Gasteiger partial charge in [-0.15, -0.1) is 0 Å². The van der Waals surface area contributed by atoms with E-state index < -0.39 is 4.92 Å². The Hall–Kier alpha value is -2.69. The smallest absolute Gasteiger partial charge is 0.287 e. The number of nitrogens with zero attached hydrogens (tertiary/aromatic N) is 1. The van der Waals surface area contributed by atoms with Gasteiger partial charge in [-0.1, -0.05) is 37.3 Å². The van der Waals surface area contributed by atoms with E-state index in [1.807, 2.05) is 37.3 Å². The molecule has 0 saturated heterocycles. The number of nitro benzene ring substituents is 1. The third kappa shape index (κ3) is 3.31. The number of carbonyl (C=O) groups excluding carboxylic acids is 1. The molecule has 0 bridgehead atoms. The fraction of sp³-hybridized carbons (Fsp3) is 0.235. The van der Waals surface area contributed by atoms with Crippen LogP contribution in [0.3, 0.4) is 0 Å². The Labute approximate surface area is 128 Å². The molecule has 0 unspecified atom stereocenters. The van der Waals surface area contributed by atoms with Gasteiger partial charge in [0.15, 0.2) is 5.78 Å². The predicted molar refractivity (Wildman–Crippen MR) is 83.3 cm³/mol. The molecule has 114 valence electrons. The minimum atomic E-state index is -0.509. The molecule has 0 aliphatic rings. The Balaban J connectivity index is 2.38. The van der Waals surface area contributed by atoms with E-state index in [0.29, 0.717) is 24.3 Å². The second-order valence-corrected chi connectivity index (χ2v) is 4.88. The Morgan fingerprint density at radius 3 is 2.41 bits per heavy atom. The largest absolute Gasteiger partial charge is 0.488 e. The van der Waals surface area contributed by atoms with Gasteiger partial charge in [-0.25, -0.2) is 0 Å². The van der Waals surface area contributed by atoms with E-state index in [1.54, 1.807) is 6.07 Å². The first-order chi connectivity index (χ1) is 10.5. The summed E-state index contributed by atoms with van der Waals surface area (Å²) in [6.45, 7) is 3.46. The maximum atomic E-state index is 11.6. The van der Waals surface area contributed by atoms with Crippen LogP contribution < -0.4 is 4.74 Å². The van der Waals surface area contributed by atoms with Crippen molar-refractivity contribution in [2.45, 2.75) is 26.9 Å². The summed E-state index contributed by atoms with van der Waals surface area (Å²) in [6, 6.07) is 12.6. The maximum absolute atomic E-state index is 11.6. The number of hydrogen-bond donors (Lipinski definition) is 0. The highest BCUT2D eigenvalue weighted by Crippen LogP contribution is 2.33. The molecular formula is C17H17NO4. The van der Waals surface area contributed by atoms with Crippen LogP contribution in [0, 0.1) is 10.1 Å². The van der Waals surface area contributed by atoms with E-state index >= 15 is 0 Å². The monoisotopic (exact) mass is 299 g/mol. The van der Waals surface area contributed by atoms with Crippen molar-refractivity contribution in [3.63, 3.8) is 0 Å². The van der Waals surface area contributed by atoms with Crippen molar-refractivity contribution in [2.75, 3.05) is 0 Å². The topological polar surface area (TPSA) is 69.4 Å². The molecule has 0 aliphatic heterocycles. The number of carbonyl (C=O) groups is 1. The first kappa shape index (κ1) is 15.7. The predicted octanol–water partition coefficient (Wildman–Crippen LogP) is 3.94. The van der Waals surface area contributed by atoms with Gasteiger partial charge in [0, 0.05) is 0 Å². The van der Waals surface area contributed by atoms with Crippen molar-refractivity contribution < 1.29 is 14.5 Å². The molecule has 2 rings (SSSR count). The van der Waals surface area contributed by atoms with Crippen LogP contribution in [0.25, 0.3) is 0 Å². The molecule has 2 aromatic rings. The lowest BCUT2D eigenvalue weighted by Gasteiger charge is -2.12. The van der Waals surface area contributed by atoms with Crippen molar-refractivity contribution in [3.05, 3.63) is 69.3 Å². The van der Waals surface area contributed by atoms with Crippen molar-refractivity contribution in [2.24, 2.45) is 0 Å². The van der Waals surface area contributed by atoms with Gasteiger partial charge in [0.05, 0.1) is 16.1 Å². The van der Waals surface area contributed by atoms with Crippen LogP contribution in [0.2, 0.25) is 0 Å². The van der Waals surface area contributed by atoms with E-state index in [2.05, 4.69) is 0 Å². The van der Waals surface area contributed by atoms with Crippen LogP contribution in [-0.2, 0) is 13.0 Å². The molecule has 0 radical (unpaired) electrons. The molecule has 0 atom stereocenters. The summed E-state index contributed by atoms with van der Waals surface area (Å²) in [4.78, 5) is 22.4. The second kappa shape index (κ2) is 6.85. The maximum Gasteiger partial charge on any atom is 0.287 e. The molecule has 0 saturated carbocycles. The van der Waals surface area contributed by atoms with Gasteiger partial charge in [-0.05, 0) is 31.0 Å². The van der Waals surface area contributed by atoms with Crippen molar-refractivity contribution >= 4 is 11.5 Å². The quantitative estimate of drug-likeness (QED) is 0.460. The average molecular weight is 299 g/mol. The zero-order valence-corrected chi connectivity index (χ0v) is 12.5. The van der Waals surface area contributed by atoms with E-state index in [0.717, 1.165) is 5.56 Å². The Morgan fingerprint density at radius 1 is 1.18 bits per heavy atom. The highest BCUT2D eigenvalue weighted by Gasteiger charge is 2.25. The molecule has 5 nitrogen and oxygen atoms in total. The number of benzene rings is 2. The molecule has 0 heterocycles. The van der Waals surface area contributed by atoms with Gasteiger partial charge in [0.25, 0.3) is 5.69 Å². The molecule has 0 aliphatic carbocycles. The standard InChI is InChI=1S/C17H17NO4/c1-3-14-16(22-11-13-7-5-4-6-8-13)10-9-15(12(2)19)17(14)18(20)21/h4-10H,3,11H2,1-2H3. The van der Waals surface area contributed by atoms with Gasteiger partial charge in [0.1, 0.15) is 12.4 Å². The van der Waals surface area contributed by atoms with Crippen molar-refractivity contribution in [1.82, 2.24) is 0 Å². The SMILES string of the molecule is CCc1c(OCc2ccccc2)ccc(C(C)=O)c1[N+](=O)[O-]. The third-order valence-corrected chi connectivity index (χ3v) is 3.39. The fourth-order valence-electron chi connectivity index (χ4n) is 2.32. The van der Waals surface area contributed by atoms with Gasteiger partial charge >= 0.3 is 0 Å². The Morgan fingerprint density at radius 2 is 1.86 bits per heavy atom. The zero-order chi connectivity index (χ0) is 16.1. The third-order valence-electron chi connectivity index (χ3n) is 3.39. The lowest BCUT2D eigenvalue weighted by molar-refractivity contribution is -0.385. The number of rotatable bonds is 6. The van der Waals surface area contributed by atoms with Crippen LogP contribution >= 0.6 is 0 Å². The highest BCUT2D eigenvalue weighted by molar-refractivity contribution is 5.99. The van der Waals surface area contributed by atoms with Crippen LogP contribution in [0.5, 0.6) is 5.75 Å². The minimum absolute atomic E-state index is 0.119. The van der Waals surface area contributed by atoms with E-state index in [9.17, 15) is 14.9 Å². The summed E-state index contributed by atoms with van der Waals surface area (Å²) in [7, 11) is 0. The van der Waals surface area contributed by atoms with E-state index in [-0.39, 0.29) is 17.0 Å². The average Bonchev–Trinajstić information content (AvgIpc) is 2.52. The van der Waals surface area contributed by atoms with Crippen LogP contribution in [0.4, 0.5) is 5.69 Å². The molecular weight excluding hydrogens is 282 g/mol. The molecule has 5 heteroatoms. The molecule has 0 amide bonds. The molecule has 0 fully saturated rings. The van der Waals surface area contributed by atoms with Crippen LogP contribution in [0.15, 0.2) is 42.5 Å². The van der Waals surface area contributed by atoms with E-state index in [4.69, 9.17) is 4.74 Å². The van der Waals surface area contributed by atoms with Crippen molar-refractivity contribution in [3.8, 4) is 5.75 Å². The summed E-state index contributed by atoms with van der Waals surface area (Å²) in [6.07, 6.45) is 0.418. The van der Waals surface area contributed by atoms with Gasteiger partial charge in [-0.2, -0.15) is 0 Å². The number of hydrogen-bond acceptors (Lipinski definition) is 4. The normalized spacial score (nSPS) is 10.3.